The summed E-state index contributed by atoms with van der Waals surface area (Å²) in [5.41, 5.74) is 2.24. The van der Waals surface area contributed by atoms with Crippen molar-refractivity contribution in [2.75, 3.05) is 0 Å². The molecular formula is C17H19N3O. The number of unbranched alkanes of at least 4 members (excludes halogenated alkanes) is 3. The quantitative estimate of drug-likeness (QED) is 0.532. The van der Waals surface area contributed by atoms with E-state index in [0.29, 0.717) is 16.7 Å². The van der Waals surface area contributed by atoms with Gasteiger partial charge >= 0.3 is 0 Å². The maximum absolute atomic E-state index is 12.7. The number of fused-ring (bicyclic) bond motifs is 2. The highest BCUT2D eigenvalue weighted by Gasteiger charge is 2.10. The molecular weight excluding hydrogens is 262 g/mol. The van der Waals surface area contributed by atoms with Crippen molar-refractivity contribution in [3.63, 3.8) is 0 Å². The molecule has 0 radical (unpaired) electrons. The van der Waals surface area contributed by atoms with Crippen LogP contribution in [-0.4, -0.2) is 14.4 Å². The van der Waals surface area contributed by atoms with E-state index in [1.165, 1.54) is 19.3 Å². The molecule has 0 fully saturated rings. The van der Waals surface area contributed by atoms with Gasteiger partial charge in [-0.15, -0.1) is 0 Å². The Morgan fingerprint density at radius 2 is 2.05 bits per heavy atom. The van der Waals surface area contributed by atoms with Crippen molar-refractivity contribution in [2.24, 2.45) is 0 Å². The molecule has 0 aromatic carbocycles. The van der Waals surface area contributed by atoms with Gasteiger partial charge in [0, 0.05) is 12.4 Å². The lowest BCUT2D eigenvalue weighted by molar-refractivity contribution is 0.668. The maximum atomic E-state index is 12.7. The second-order valence-corrected chi connectivity index (χ2v) is 5.33. The predicted octanol–water partition coefficient (Wildman–Crippen LogP) is 3.37. The fourth-order valence-corrected chi connectivity index (χ4v) is 2.68. The molecule has 4 nitrogen and oxygen atoms in total. The van der Waals surface area contributed by atoms with Gasteiger partial charge in [0.1, 0.15) is 5.65 Å². The minimum absolute atomic E-state index is 0.0193. The van der Waals surface area contributed by atoms with E-state index >= 15 is 0 Å². The maximum Gasteiger partial charge on any atom is 0.267 e. The zero-order chi connectivity index (χ0) is 14.7. The summed E-state index contributed by atoms with van der Waals surface area (Å²) in [6, 6.07) is 7.50. The molecule has 3 aromatic heterocycles. The monoisotopic (exact) mass is 281 g/mol. The number of pyridine rings is 2. The number of hydrogen-bond acceptors (Lipinski definition) is 3. The molecule has 4 heteroatoms. The van der Waals surface area contributed by atoms with Crippen LogP contribution in [0.1, 0.15) is 38.2 Å². The average molecular weight is 281 g/mol. The van der Waals surface area contributed by atoms with Gasteiger partial charge in [0.25, 0.3) is 5.56 Å². The second kappa shape index (κ2) is 6.04. The minimum Gasteiger partial charge on any atom is -0.268 e. The van der Waals surface area contributed by atoms with E-state index in [9.17, 15) is 4.79 Å². The van der Waals surface area contributed by atoms with Crippen LogP contribution in [0.3, 0.4) is 0 Å². The van der Waals surface area contributed by atoms with Gasteiger partial charge in [-0.1, -0.05) is 32.3 Å². The third-order valence-electron chi connectivity index (χ3n) is 3.81. The van der Waals surface area contributed by atoms with Gasteiger partial charge in [-0.3, -0.25) is 9.20 Å². The van der Waals surface area contributed by atoms with E-state index in [2.05, 4.69) is 16.9 Å². The summed E-state index contributed by atoms with van der Waals surface area (Å²) in [6.45, 7) is 2.20. The summed E-state index contributed by atoms with van der Waals surface area (Å²) in [5.74, 6) is 0. The molecule has 0 aliphatic carbocycles. The summed E-state index contributed by atoms with van der Waals surface area (Å²) in [4.78, 5) is 21.4. The van der Waals surface area contributed by atoms with Crippen LogP contribution in [0.4, 0.5) is 0 Å². The van der Waals surface area contributed by atoms with Crippen molar-refractivity contribution in [3.05, 3.63) is 52.6 Å². The number of aromatic nitrogens is 3. The Balaban J connectivity index is 2.09. The molecule has 0 spiro atoms. The Kier molecular flexibility index (Phi) is 3.95. The largest absolute Gasteiger partial charge is 0.268 e. The molecule has 0 saturated carbocycles. The normalized spacial score (nSPS) is 11.3. The summed E-state index contributed by atoms with van der Waals surface area (Å²) >= 11 is 0. The summed E-state index contributed by atoms with van der Waals surface area (Å²) in [6.07, 6.45) is 9.18. The number of hydrogen-bond donors (Lipinski definition) is 0. The van der Waals surface area contributed by atoms with Gasteiger partial charge in [-0.25, -0.2) is 9.97 Å². The van der Waals surface area contributed by atoms with Crippen molar-refractivity contribution in [3.8, 4) is 0 Å². The van der Waals surface area contributed by atoms with Crippen molar-refractivity contribution < 1.29 is 0 Å². The molecule has 21 heavy (non-hydrogen) atoms. The fraction of sp³-hybridized carbons (Fsp3) is 0.353. The highest BCUT2D eigenvalue weighted by molar-refractivity contribution is 5.79. The Morgan fingerprint density at radius 1 is 1.14 bits per heavy atom. The zero-order valence-electron chi connectivity index (χ0n) is 12.2. The Labute approximate surface area is 123 Å². The Bertz CT molecular complexity index is 823. The Hall–Kier alpha value is -2.23. The topological polar surface area (TPSA) is 47.3 Å². The van der Waals surface area contributed by atoms with E-state index < -0.39 is 0 Å². The van der Waals surface area contributed by atoms with Crippen LogP contribution in [0.15, 0.2) is 41.5 Å². The van der Waals surface area contributed by atoms with Gasteiger partial charge in [0.15, 0.2) is 5.65 Å². The van der Waals surface area contributed by atoms with E-state index in [-0.39, 0.29) is 5.56 Å². The van der Waals surface area contributed by atoms with Crippen molar-refractivity contribution in [1.82, 2.24) is 14.4 Å². The van der Waals surface area contributed by atoms with Crippen molar-refractivity contribution >= 4 is 16.7 Å². The predicted molar refractivity (Wildman–Crippen MR) is 84.6 cm³/mol. The van der Waals surface area contributed by atoms with Gasteiger partial charge < -0.3 is 0 Å². The number of aryl methyl sites for hydroxylation is 1. The van der Waals surface area contributed by atoms with E-state index in [0.717, 1.165) is 18.4 Å². The molecule has 0 atom stereocenters. The lowest BCUT2D eigenvalue weighted by Gasteiger charge is -2.07. The first kappa shape index (κ1) is 13.7. The SMILES string of the molecule is CCCCCCc1ccnc2nc3ccccn3c(=O)c12. The van der Waals surface area contributed by atoms with Crippen LogP contribution in [0, 0.1) is 0 Å². The number of nitrogens with zero attached hydrogens (tertiary/aromatic N) is 3. The fourth-order valence-electron chi connectivity index (χ4n) is 2.68. The van der Waals surface area contributed by atoms with Crippen molar-refractivity contribution in [1.29, 1.82) is 0 Å². The van der Waals surface area contributed by atoms with Crippen LogP contribution >= 0.6 is 0 Å². The second-order valence-electron chi connectivity index (χ2n) is 5.33. The van der Waals surface area contributed by atoms with E-state index in [4.69, 9.17) is 0 Å². The Morgan fingerprint density at radius 3 is 2.90 bits per heavy atom. The van der Waals surface area contributed by atoms with Crippen LogP contribution in [0.2, 0.25) is 0 Å². The standard InChI is InChI=1S/C17H19N3O/c1-2-3-4-5-8-13-10-11-18-16-15(13)17(21)20-12-7-6-9-14(20)19-16/h6-7,9-12H,2-5,8H2,1H3. The summed E-state index contributed by atoms with van der Waals surface area (Å²) in [5, 5.41) is 0.665. The van der Waals surface area contributed by atoms with Gasteiger partial charge in [-0.05, 0) is 36.6 Å². The van der Waals surface area contributed by atoms with Gasteiger partial charge in [0.2, 0.25) is 0 Å². The first-order chi connectivity index (χ1) is 10.3. The lowest BCUT2D eigenvalue weighted by Crippen LogP contribution is -2.17. The molecule has 0 bridgehead atoms. The van der Waals surface area contributed by atoms with Gasteiger partial charge in [0.05, 0.1) is 5.39 Å². The molecule has 0 amide bonds. The molecule has 3 aromatic rings. The first-order valence-corrected chi connectivity index (χ1v) is 7.56. The first-order valence-electron chi connectivity index (χ1n) is 7.56. The van der Waals surface area contributed by atoms with Crippen LogP contribution in [0.25, 0.3) is 16.7 Å². The smallest absolute Gasteiger partial charge is 0.267 e. The van der Waals surface area contributed by atoms with Gasteiger partial charge in [-0.2, -0.15) is 0 Å². The summed E-state index contributed by atoms with van der Waals surface area (Å²) < 4.78 is 1.60. The average Bonchev–Trinajstić information content (AvgIpc) is 2.52. The molecule has 0 unspecified atom stereocenters. The molecule has 3 heterocycles. The minimum atomic E-state index is -0.0193. The number of rotatable bonds is 5. The van der Waals surface area contributed by atoms with Crippen LogP contribution in [0.5, 0.6) is 0 Å². The van der Waals surface area contributed by atoms with Crippen molar-refractivity contribution in [2.45, 2.75) is 39.0 Å². The molecule has 0 N–H and O–H groups in total. The molecule has 0 saturated heterocycles. The van der Waals surface area contributed by atoms with Crippen LogP contribution < -0.4 is 5.56 Å². The zero-order valence-corrected chi connectivity index (χ0v) is 12.2. The molecule has 108 valence electrons. The third-order valence-corrected chi connectivity index (χ3v) is 3.81. The molecule has 0 aliphatic rings. The molecule has 0 aliphatic heterocycles. The lowest BCUT2D eigenvalue weighted by atomic mass is 10.0. The highest BCUT2D eigenvalue weighted by Crippen LogP contribution is 2.15. The van der Waals surface area contributed by atoms with E-state index in [1.807, 2.05) is 24.3 Å². The molecule has 3 rings (SSSR count). The van der Waals surface area contributed by atoms with E-state index in [1.54, 1.807) is 16.8 Å². The van der Waals surface area contributed by atoms with Crippen LogP contribution in [-0.2, 0) is 6.42 Å². The summed E-state index contributed by atoms with van der Waals surface area (Å²) in [7, 11) is 0. The third kappa shape index (κ3) is 2.66. The highest BCUT2D eigenvalue weighted by atomic mass is 16.1.